The lowest BCUT2D eigenvalue weighted by atomic mass is 9.75. The molecular formula is C17H22Cl2N2. The molecule has 4 heteroatoms. The van der Waals surface area contributed by atoms with Crippen LogP contribution in [0.5, 0.6) is 0 Å². The van der Waals surface area contributed by atoms with Gasteiger partial charge in [-0.05, 0) is 36.8 Å². The minimum Gasteiger partial charge on any atom is -0.324 e. The second-order valence-corrected chi connectivity index (χ2v) is 7.64. The van der Waals surface area contributed by atoms with Crippen LogP contribution in [0.25, 0.3) is 11.0 Å². The molecule has 1 aliphatic rings. The summed E-state index contributed by atoms with van der Waals surface area (Å²) >= 11 is 12.5. The van der Waals surface area contributed by atoms with Gasteiger partial charge in [-0.25, -0.2) is 4.98 Å². The zero-order valence-corrected chi connectivity index (χ0v) is 14.2. The summed E-state index contributed by atoms with van der Waals surface area (Å²) < 4.78 is 2.38. The topological polar surface area (TPSA) is 17.8 Å². The number of alkyl halides is 1. The fraction of sp³-hybridized carbons (Fsp3) is 0.588. The number of fused-ring (bicyclic) bond motifs is 1. The molecule has 0 amide bonds. The van der Waals surface area contributed by atoms with Crippen LogP contribution in [0, 0.1) is 5.41 Å². The van der Waals surface area contributed by atoms with E-state index in [4.69, 9.17) is 28.2 Å². The number of aromatic nitrogens is 2. The Hall–Kier alpha value is -0.730. The number of aryl methyl sites for hydroxylation is 1. The monoisotopic (exact) mass is 324 g/mol. The van der Waals surface area contributed by atoms with Crippen molar-refractivity contribution in [2.24, 2.45) is 5.41 Å². The quantitative estimate of drug-likeness (QED) is 0.670. The minimum atomic E-state index is 0.388. The summed E-state index contributed by atoms with van der Waals surface area (Å²) in [6.07, 6.45) is 5.74. The van der Waals surface area contributed by atoms with E-state index in [2.05, 4.69) is 18.4 Å². The van der Waals surface area contributed by atoms with Crippen LogP contribution < -0.4 is 0 Å². The normalized spacial score (nSPS) is 21.8. The van der Waals surface area contributed by atoms with Crippen molar-refractivity contribution in [3.8, 4) is 0 Å². The predicted molar refractivity (Wildman–Crippen MR) is 90.5 cm³/mol. The van der Waals surface area contributed by atoms with Gasteiger partial charge in [0.05, 0.1) is 16.1 Å². The molecule has 0 aliphatic heterocycles. The van der Waals surface area contributed by atoms with E-state index in [1.807, 2.05) is 18.2 Å². The van der Waals surface area contributed by atoms with Gasteiger partial charge in [-0.15, -0.1) is 11.6 Å². The molecular weight excluding hydrogens is 303 g/mol. The van der Waals surface area contributed by atoms with Crippen molar-refractivity contribution in [1.82, 2.24) is 9.55 Å². The van der Waals surface area contributed by atoms with Crippen molar-refractivity contribution in [3.63, 3.8) is 0 Å². The van der Waals surface area contributed by atoms with E-state index in [-0.39, 0.29) is 0 Å². The van der Waals surface area contributed by atoms with Crippen molar-refractivity contribution < 1.29 is 0 Å². The summed E-state index contributed by atoms with van der Waals surface area (Å²) in [4.78, 5) is 4.78. The van der Waals surface area contributed by atoms with Gasteiger partial charge >= 0.3 is 0 Å². The highest BCUT2D eigenvalue weighted by Gasteiger charge is 2.31. The van der Waals surface area contributed by atoms with Crippen molar-refractivity contribution in [2.45, 2.75) is 52.0 Å². The molecule has 3 rings (SSSR count). The minimum absolute atomic E-state index is 0.388. The highest BCUT2D eigenvalue weighted by Crippen LogP contribution is 2.43. The SMILES string of the molecule is CC1(C)CCCC(n2c(CCCl)nc3cccc(Cl)c32)C1. The molecule has 1 unspecified atom stereocenters. The standard InChI is InChI=1S/C17H22Cl2N2/c1-17(2)9-4-5-12(11-17)21-15(8-10-18)20-14-7-3-6-13(19)16(14)21/h3,6-7,12H,4-5,8-11H2,1-2H3. The summed E-state index contributed by atoms with van der Waals surface area (Å²) in [6, 6.07) is 6.46. The van der Waals surface area contributed by atoms with Crippen LogP contribution in [0.4, 0.5) is 0 Å². The predicted octanol–water partition coefficient (Wildman–Crippen LogP) is 5.61. The fourth-order valence-electron chi connectivity index (χ4n) is 3.69. The van der Waals surface area contributed by atoms with Crippen molar-refractivity contribution in [1.29, 1.82) is 0 Å². The van der Waals surface area contributed by atoms with Gasteiger partial charge in [-0.3, -0.25) is 0 Å². The summed E-state index contributed by atoms with van der Waals surface area (Å²) in [5.74, 6) is 1.67. The van der Waals surface area contributed by atoms with Crippen molar-refractivity contribution >= 4 is 34.2 Å². The lowest BCUT2D eigenvalue weighted by molar-refractivity contribution is 0.184. The Morgan fingerprint density at radius 2 is 2.19 bits per heavy atom. The average molecular weight is 325 g/mol. The van der Waals surface area contributed by atoms with E-state index in [0.29, 0.717) is 17.3 Å². The highest BCUT2D eigenvalue weighted by molar-refractivity contribution is 6.35. The molecule has 21 heavy (non-hydrogen) atoms. The number of halogens is 2. The largest absolute Gasteiger partial charge is 0.324 e. The maximum Gasteiger partial charge on any atom is 0.111 e. The number of benzene rings is 1. The molecule has 1 aromatic heterocycles. The van der Waals surface area contributed by atoms with E-state index in [0.717, 1.165) is 28.3 Å². The van der Waals surface area contributed by atoms with Crippen LogP contribution in [0.1, 0.15) is 51.4 Å². The first-order valence-electron chi connectivity index (χ1n) is 7.73. The Balaban J connectivity index is 2.12. The van der Waals surface area contributed by atoms with Crippen LogP contribution in [0.2, 0.25) is 5.02 Å². The number of rotatable bonds is 3. The maximum absolute atomic E-state index is 6.47. The molecule has 114 valence electrons. The zero-order chi connectivity index (χ0) is 15.0. The van der Waals surface area contributed by atoms with Crippen LogP contribution in [-0.2, 0) is 6.42 Å². The summed E-state index contributed by atoms with van der Waals surface area (Å²) in [5.41, 5.74) is 2.46. The van der Waals surface area contributed by atoms with Gasteiger partial charge in [0, 0.05) is 18.3 Å². The van der Waals surface area contributed by atoms with Crippen LogP contribution in [0.15, 0.2) is 18.2 Å². The molecule has 1 heterocycles. The molecule has 1 fully saturated rings. The Kier molecular flexibility index (Phi) is 4.20. The van der Waals surface area contributed by atoms with Gasteiger partial charge in [-0.1, -0.05) is 37.9 Å². The average Bonchev–Trinajstić information content (AvgIpc) is 2.77. The number of imidazole rings is 1. The first kappa shape index (κ1) is 15.2. The van der Waals surface area contributed by atoms with E-state index in [9.17, 15) is 0 Å². The molecule has 0 bridgehead atoms. The molecule has 0 radical (unpaired) electrons. The molecule has 0 saturated heterocycles. The molecule has 2 nitrogen and oxygen atoms in total. The summed E-state index contributed by atoms with van der Waals surface area (Å²) in [7, 11) is 0. The van der Waals surface area contributed by atoms with Crippen LogP contribution in [-0.4, -0.2) is 15.4 Å². The molecule has 0 N–H and O–H groups in total. The fourth-order valence-corrected chi connectivity index (χ4v) is 4.12. The summed E-state index contributed by atoms with van der Waals surface area (Å²) in [5, 5.41) is 0.796. The zero-order valence-electron chi connectivity index (χ0n) is 12.7. The lowest BCUT2D eigenvalue weighted by Gasteiger charge is -2.36. The van der Waals surface area contributed by atoms with Crippen LogP contribution in [0.3, 0.4) is 0 Å². The smallest absolute Gasteiger partial charge is 0.111 e. The lowest BCUT2D eigenvalue weighted by Crippen LogP contribution is -2.26. The highest BCUT2D eigenvalue weighted by atomic mass is 35.5. The van der Waals surface area contributed by atoms with Gasteiger partial charge < -0.3 is 4.57 Å². The molecule has 1 aromatic carbocycles. The second-order valence-electron chi connectivity index (χ2n) is 6.86. The van der Waals surface area contributed by atoms with Gasteiger partial charge in [0.1, 0.15) is 5.82 Å². The molecule has 2 aromatic rings. The Bertz CT molecular complexity index is 646. The molecule has 1 atom stereocenters. The number of para-hydroxylation sites is 1. The van der Waals surface area contributed by atoms with Crippen molar-refractivity contribution in [2.75, 3.05) is 5.88 Å². The van der Waals surface area contributed by atoms with E-state index >= 15 is 0 Å². The third-order valence-electron chi connectivity index (χ3n) is 4.60. The van der Waals surface area contributed by atoms with Crippen molar-refractivity contribution in [3.05, 3.63) is 29.0 Å². The van der Waals surface area contributed by atoms with Gasteiger partial charge in [0.25, 0.3) is 0 Å². The van der Waals surface area contributed by atoms with Crippen LogP contribution >= 0.6 is 23.2 Å². The van der Waals surface area contributed by atoms with Gasteiger partial charge in [0.2, 0.25) is 0 Å². The first-order chi connectivity index (χ1) is 10.0. The Morgan fingerprint density at radius 3 is 2.90 bits per heavy atom. The van der Waals surface area contributed by atoms with E-state index in [1.54, 1.807) is 0 Å². The van der Waals surface area contributed by atoms with E-state index in [1.165, 1.54) is 25.7 Å². The number of hydrogen-bond acceptors (Lipinski definition) is 1. The van der Waals surface area contributed by atoms with Gasteiger partial charge in [-0.2, -0.15) is 0 Å². The third-order valence-corrected chi connectivity index (χ3v) is 5.09. The third kappa shape index (κ3) is 2.93. The first-order valence-corrected chi connectivity index (χ1v) is 8.64. The maximum atomic E-state index is 6.47. The second kappa shape index (κ2) is 5.81. The summed E-state index contributed by atoms with van der Waals surface area (Å²) in [6.45, 7) is 4.72. The molecule has 1 saturated carbocycles. The number of hydrogen-bond donors (Lipinski definition) is 0. The Labute approximate surface area is 136 Å². The Morgan fingerprint density at radius 1 is 1.38 bits per heavy atom. The van der Waals surface area contributed by atoms with Gasteiger partial charge in [0.15, 0.2) is 0 Å². The molecule has 0 spiro atoms. The number of nitrogens with zero attached hydrogens (tertiary/aromatic N) is 2. The van der Waals surface area contributed by atoms with E-state index < -0.39 is 0 Å². The molecule has 1 aliphatic carbocycles.